The van der Waals surface area contributed by atoms with E-state index in [1.54, 1.807) is 24.3 Å². The Labute approximate surface area is 172 Å². The Morgan fingerprint density at radius 3 is 2.00 bits per heavy atom. The van der Waals surface area contributed by atoms with Gasteiger partial charge < -0.3 is 5.21 Å². The van der Waals surface area contributed by atoms with Crippen LogP contribution in [0.1, 0.15) is 16.7 Å². The summed E-state index contributed by atoms with van der Waals surface area (Å²) in [6, 6.07) is 25.5. The maximum absolute atomic E-state index is 12.9. The molecular formula is C23H26N2O3S. The van der Waals surface area contributed by atoms with Crippen LogP contribution in [-0.4, -0.2) is 31.3 Å². The van der Waals surface area contributed by atoms with E-state index in [0.29, 0.717) is 13.0 Å². The summed E-state index contributed by atoms with van der Waals surface area (Å²) in [5.41, 5.74) is 2.95. The van der Waals surface area contributed by atoms with Gasteiger partial charge >= 0.3 is 0 Å². The molecule has 3 rings (SSSR count). The molecule has 0 heterocycles. The molecule has 0 aliphatic carbocycles. The molecule has 5 nitrogen and oxygen atoms in total. The number of hydrogen-bond acceptors (Lipinski definition) is 4. The van der Waals surface area contributed by atoms with Gasteiger partial charge in [0.25, 0.3) is 0 Å². The lowest BCUT2D eigenvalue weighted by atomic mass is 10.1. The summed E-state index contributed by atoms with van der Waals surface area (Å²) in [6.45, 7) is 2.39. The van der Waals surface area contributed by atoms with E-state index in [1.807, 2.05) is 67.6 Å². The molecule has 29 heavy (non-hydrogen) atoms. The van der Waals surface area contributed by atoms with Crippen LogP contribution < -0.4 is 4.72 Å². The van der Waals surface area contributed by atoms with Gasteiger partial charge in [0.05, 0.1) is 4.90 Å². The van der Waals surface area contributed by atoms with Crippen LogP contribution in [0.2, 0.25) is 0 Å². The van der Waals surface area contributed by atoms with Crippen LogP contribution in [0, 0.1) is 6.92 Å². The number of hydroxylamine groups is 2. The first-order chi connectivity index (χ1) is 13.9. The van der Waals surface area contributed by atoms with Crippen molar-refractivity contribution < 1.29 is 13.6 Å². The molecule has 0 aliphatic heterocycles. The van der Waals surface area contributed by atoms with Gasteiger partial charge in [-0.3, -0.25) is 0 Å². The number of nitrogens with zero attached hydrogens (tertiary/aromatic N) is 1. The molecule has 0 saturated carbocycles. The Hall–Kier alpha value is -2.51. The molecular weight excluding hydrogens is 384 g/mol. The van der Waals surface area contributed by atoms with Crippen molar-refractivity contribution in [1.82, 2.24) is 9.79 Å². The first-order valence-electron chi connectivity index (χ1n) is 9.53. The normalized spacial score (nSPS) is 12.8. The Balaban J connectivity index is 1.76. The molecule has 0 aliphatic rings. The summed E-state index contributed by atoms with van der Waals surface area (Å²) < 4.78 is 28.5. The Morgan fingerprint density at radius 1 is 0.862 bits per heavy atom. The molecule has 0 unspecified atom stereocenters. The lowest BCUT2D eigenvalue weighted by Gasteiger charge is -2.24. The zero-order valence-corrected chi connectivity index (χ0v) is 17.2. The van der Waals surface area contributed by atoms with Gasteiger partial charge in [0.2, 0.25) is 10.0 Å². The molecule has 3 aromatic carbocycles. The smallest absolute Gasteiger partial charge is 0.240 e. The summed E-state index contributed by atoms with van der Waals surface area (Å²) in [6.07, 6.45) is 0.470. The fraction of sp³-hybridized carbons (Fsp3) is 0.217. The highest BCUT2D eigenvalue weighted by atomic mass is 32.2. The molecule has 0 saturated heterocycles. The Bertz CT molecular complexity index is 991. The predicted octanol–water partition coefficient (Wildman–Crippen LogP) is 3.78. The molecule has 3 aromatic rings. The maximum Gasteiger partial charge on any atom is 0.240 e. The molecule has 0 fully saturated rings. The second kappa shape index (κ2) is 9.80. The van der Waals surface area contributed by atoms with Gasteiger partial charge in [0.15, 0.2) is 0 Å². The van der Waals surface area contributed by atoms with Crippen LogP contribution in [0.3, 0.4) is 0 Å². The average Bonchev–Trinajstić information content (AvgIpc) is 2.69. The lowest BCUT2D eigenvalue weighted by molar-refractivity contribution is -0.104. The van der Waals surface area contributed by atoms with Gasteiger partial charge in [0, 0.05) is 19.1 Å². The van der Waals surface area contributed by atoms with E-state index in [9.17, 15) is 13.6 Å². The van der Waals surface area contributed by atoms with Crippen LogP contribution in [0.25, 0.3) is 0 Å². The van der Waals surface area contributed by atoms with Crippen molar-refractivity contribution in [3.8, 4) is 0 Å². The SMILES string of the molecule is Cc1ccc(S(=O)(=O)N[C@@H](Cc2ccccc2)CN(O)Cc2ccccc2)cc1. The lowest BCUT2D eigenvalue weighted by Crippen LogP contribution is -2.44. The topological polar surface area (TPSA) is 69.6 Å². The van der Waals surface area contributed by atoms with Crippen molar-refractivity contribution in [3.63, 3.8) is 0 Å². The van der Waals surface area contributed by atoms with Crippen molar-refractivity contribution >= 4 is 10.0 Å². The van der Waals surface area contributed by atoms with E-state index in [1.165, 1.54) is 0 Å². The standard InChI is InChI=1S/C23H26N2O3S/c1-19-12-14-23(15-13-19)29(27,28)24-22(16-20-8-4-2-5-9-20)18-25(26)17-21-10-6-3-7-11-21/h2-15,22,24,26H,16-18H2,1H3/t22-/m0/s1. The van der Waals surface area contributed by atoms with E-state index < -0.39 is 16.1 Å². The highest BCUT2D eigenvalue weighted by Gasteiger charge is 2.22. The number of rotatable bonds is 9. The zero-order chi connectivity index (χ0) is 20.7. The molecule has 0 amide bonds. The number of nitrogens with one attached hydrogen (secondary N) is 1. The Morgan fingerprint density at radius 2 is 1.41 bits per heavy atom. The van der Waals surface area contributed by atoms with Crippen molar-refractivity contribution in [1.29, 1.82) is 0 Å². The monoisotopic (exact) mass is 410 g/mol. The van der Waals surface area contributed by atoms with Crippen LogP contribution in [-0.2, 0) is 23.0 Å². The number of sulfonamides is 1. The van der Waals surface area contributed by atoms with Gasteiger partial charge in [-0.2, -0.15) is 5.06 Å². The highest BCUT2D eigenvalue weighted by molar-refractivity contribution is 7.89. The van der Waals surface area contributed by atoms with Crippen molar-refractivity contribution in [2.75, 3.05) is 6.54 Å². The second-order valence-electron chi connectivity index (χ2n) is 7.15. The van der Waals surface area contributed by atoms with Crippen LogP contribution in [0.5, 0.6) is 0 Å². The first kappa shape index (κ1) is 21.2. The minimum Gasteiger partial charge on any atom is -0.314 e. The van der Waals surface area contributed by atoms with Crippen LogP contribution in [0.15, 0.2) is 89.8 Å². The predicted molar refractivity (Wildman–Crippen MR) is 114 cm³/mol. The third kappa shape index (κ3) is 6.51. The van der Waals surface area contributed by atoms with E-state index >= 15 is 0 Å². The number of aryl methyl sites for hydroxylation is 1. The van der Waals surface area contributed by atoms with Crippen LogP contribution in [0.4, 0.5) is 0 Å². The minimum absolute atomic E-state index is 0.162. The van der Waals surface area contributed by atoms with Crippen molar-refractivity contribution in [3.05, 3.63) is 102 Å². The van der Waals surface area contributed by atoms with Crippen molar-refractivity contribution in [2.45, 2.75) is 30.8 Å². The molecule has 152 valence electrons. The van der Waals surface area contributed by atoms with E-state index in [2.05, 4.69) is 4.72 Å². The highest BCUT2D eigenvalue weighted by Crippen LogP contribution is 2.13. The minimum atomic E-state index is -3.70. The molecule has 0 aromatic heterocycles. The second-order valence-corrected chi connectivity index (χ2v) is 8.87. The molecule has 0 spiro atoms. The number of benzene rings is 3. The fourth-order valence-corrected chi connectivity index (χ4v) is 4.39. The van der Waals surface area contributed by atoms with Gasteiger partial charge in [-0.25, -0.2) is 13.1 Å². The molecule has 0 bridgehead atoms. The van der Waals surface area contributed by atoms with Crippen LogP contribution >= 0.6 is 0 Å². The number of hydrogen-bond donors (Lipinski definition) is 2. The molecule has 2 N–H and O–H groups in total. The molecule has 6 heteroatoms. The third-order valence-corrected chi connectivity index (χ3v) is 6.15. The first-order valence-corrected chi connectivity index (χ1v) is 11.0. The maximum atomic E-state index is 12.9. The largest absolute Gasteiger partial charge is 0.314 e. The summed E-state index contributed by atoms with van der Waals surface area (Å²) in [4.78, 5) is 0.216. The third-order valence-electron chi connectivity index (χ3n) is 4.62. The van der Waals surface area contributed by atoms with Gasteiger partial charge in [-0.05, 0) is 36.6 Å². The van der Waals surface area contributed by atoms with Gasteiger partial charge in [-0.15, -0.1) is 0 Å². The molecule has 0 radical (unpaired) electrons. The summed E-state index contributed by atoms with van der Waals surface area (Å²) in [7, 11) is -3.70. The van der Waals surface area contributed by atoms with Gasteiger partial charge in [-0.1, -0.05) is 78.4 Å². The summed E-state index contributed by atoms with van der Waals surface area (Å²) in [5.74, 6) is 0. The quantitative estimate of drug-likeness (QED) is 0.527. The van der Waals surface area contributed by atoms with E-state index in [0.717, 1.165) is 21.8 Å². The fourth-order valence-electron chi connectivity index (χ4n) is 3.16. The zero-order valence-electron chi connectivity index (χ0n) is 16.4. The van der Waals surface area contributed by atoms with Gasteiger partial charge in [0.1, 0.15) is 0 Å². The average molecular weight is 411 g/mol. The van der Waals surface area contributed by atoms with E-state index in [4.69, 9.17) is 0 Å². The summed E-state index contributed by atoms with van der Waals surface area (Å²) >= 11 is 0. The van der Waals surface area contributed by atoms with Crippen molar-refractivity contribution in [2.24, 2.45) is 0 Å². The Kier molecular flexibility index (Phi) is 7.17. The van der Waals surface area contributed by atoms with E-state index in [-0.39, 0.29) is 11.4 Å². The molecule has 1 atom stereocenters. The summed E-state index contributed by atoms with van der Waals surface area (Å²) in [5, 5.41) is 11.6.